The molecule has 0 bridgehead atoms. The van der Waals surface area contributed by atoms with Crippen molar-refractivity contribution in [2.24, 2.45) is 5.41 Å². The van der Waals surface area contributed by atoms with Crippen LogP contribution in [0.5, 0.6) is 0 Å². The lowest BCUT2D eigenvalue weighted by Gasteiger charge is -2.41. The van der Waals surface area contributed by atoms with Crippen molar-refractivity contribution >= 4 is 12.0 Å². The van der Waals surface area contributed by atoms with Crippen LogP contribution in [0.1, 0.15) is 39.0 Å². The summed E-state index contributed by atoms with van der Waals surface area (Å²) in [6.07, 6.45) is 3.51. The number of ether oxygens (including phenoxy) is 1. The molecule has 4 rings (SSSR count). The first-order valence-electron chi connectivity index (χ1n) is 9.75. The number of aliphatic hydroxyl groups is 1. The zero-order valence-corrected chi connectivity index (χ0v) is 15.3. The molecule has 3 aliphatic heterocycles. The molecule has 26 heavy (non-hydrogen) atoms. The minimum atomic E-state index is -1.07. The minimum Gasteiger partial charge on any atom is -0.465 e. The zero-order chi connectivity index (χ0) is 18.5. The van der Waals surface area contributed by atoms with Gasteiger partial charge in [-0.15, -0.1) is 0 Å². The number of fused-ring (bicyclic) bond motifs is 1. The SMILES string of the molecule is C[C@H]1C(=O)N2C(CN1C(=O)O)OC[C@@H]2CCCN1CCC2(CC2)C(O)C1. The molecule has 4 aliphatic rings. The number of nitrogens with zero attached hydrogens (tertiary/aromatic N) is 3. The Labute approximate surface area is 153 Å². The van der Waals surface area contributed by atoms with E-state index in [1.165, 1.54) is 12.8 Å². The van der Waals surface area contributed by atoms with Gasteiger partial charge in [0.2, 0.25) is 5.91 Å². The van der Waals surface area contributed by atoms with Crippen LogP contribution in [0, 0.1) is 5.41 Å². The molecule has 0 aromatic carbocycles. The Morgan fingerprint density at radius 1 is 1.31 bits per heavy atom. The Balaban J connectivity index is 1.27. The van der Waals surface area contributed by atoms with Gasteiger partial charge in [-0.25, -0.2) is 4.79 Å². The third kappa shape index (κ3) is 3.08. The lowest BCUT2D eigenvalue weighted by atomic mass is 9.90. The van der Waals surface area contributed by atoms with Crippen LogP contribution < -0.4 is 0 Å². The summed E-state index contributed by atoms with van der Waals surface area (Å²) in [7, 11) is 0. The smallest absolute Gasteiger partial charge is 0.408 e. The van der Waals surface area contributed by atoms with E-state index >= 15 is 0 Å². The third-order valence-corrected chi connectivity index (χ3v) is 6.83. The van der Waals surface area contributed by atoms with E-state index in [1.54, 1.807) is 11.8 Å². The highest BCUT2D eigenvalue weighted by Gasteiger charge is 2.51. The second-order valence-corrected chi connectivity index (χ2v) is 8.37. The van der Waals surface area contributed by atoms with Gasteiger partial charge in [0.1, 0.15) is 6.04 Å². The average Bonchev–Trinajstić information content (AvgIpc) is 3.27. The van der Waals surface area contributed by atoms with Gasteiger partial charge in [0.05, 0.1) is 25.3 Å². The monoisotopic (exact) mass is 367 g/mol. The Bertz CT molecular complexity index is 581. The average molecular weight is 367 g/mol. The maximum atomic E-state index is 12.6. The molecule has 0 radical (unpaired) electrons. The first-order valence-corrected chi connectivity index (χ1v) is 9.75. The van der Waals surface area contributed by atoms with E-state index in [2.05, 4.69) is 4.90 Å². The van der Waals surface area contributed by atoms with Gasteiger partial charge in [0, 0.05) is 6.54 Å². The summed E-state index contributed by atoms with van der Waals surface area (Å²) in [5.74, 6) is -0.157. The van der Waals surface area contributed by atoms with Crippen LogP contribution in [0.25, 0.3) is 0 Å². The van der Waals surface area contributed by atoms with Crippen LogP contribution in [0.2, 0.25) is 0 Å². The molecular formula is C18H29N3O5. The van der Waals surface area contributed by atoms with Gasteiger partial charge in [-0.3, -0.25) is 9.69 Å². The van der Waals surface area contributed by atoms with E-state index < -0.39 is 18.4 Å². The molecule has 8 nitrogen and oxygen atoms in total. The standard InChI is InChI=1S/C18H29N3O5/c1-12-16(23)21-13(11-26-15(21)10-20(12)17(24)25)3-2-7-19-8-6-18(4-5-18)14(22)9-19/h12-15,22H,2-11H2,1H3,(H,24,25)/t12-,13-,14?,15?/m0/s1. The zero-order valence-electron chi connectivity index (χ0n) is 15.3. The normalized spacial score (nSPS) is 36.5. The van der Waals surface area contributed by atoms with Crippen LogP contribution in [0.4, 0.5) is 4.79 Å². The lowest BCUT2D eigenvalue weighted by molar-refractivity contribution is -0.151. The Morgan fingerprint density at radius 3 is 2.73 bits per heavy atom. The summed E-state index contributed by atoms with van der Waals surface area (Å²) in [4.78, 5) is 29.1. The molecule has 4 atom stereocenters. The van der Waals surface area contributed by atoms with Gasteiger partial charge in [-0.2, -0.15) is 0 Å². The highest BCUT2D eigenvalue weighted by atomic mass is 16.5. The molecule has 4 fully saturated rings. The maximum absolute atomic E-state index is 12.6. The number of piperidine rings is 1. The molecule has 0 aromatic heterocycles. The number of amides is 2. The van der Waals surface area contributed by atoms with Crippen LogP contribution in [-0.2, 0) is 9.53 Å². The minimum absolute atomic E-state index is 0.0235. The summed E-state index contributed by atoms with van der Waals surface area (Å²) in [5.41, 5.74) is 0.232. The Kier molecular flexibility index (Phi) is 4.61. The van der Waals surface area contributed by atoms with Crippen molar-refractivity contribution in [1.29, 1.82) is 0 Å². The van der Waals surface area contributed by atoms with Crippen molar-refractivity contribution in [3.05, 3.63) is 0 Å². The molecule has 3 heterocycles. The van der Waals surface area contributed by atoms with Crippen molar-refractivity contribution in [2.45, 2.75) is 63.4 Å². The largest absolute Gasteiger partial charge is 0.465 e. The molecule has 2 N–H and O–H groups in total. The third-order valence-electron chi connectivity index (χ3n) is 6.83. The number of β-amino-alcohol motifs (C(OH)–C–C–N with tert-alkyl or cyclic N) is 1. The number of rotatable bonds is 4. The lowest BCUT2D eigenvalue weighted by Crippen LogP contribution is -2.61. The molecular weight excluding hydrogens is 338 g/mol. The molecule has 1 saturated carbocycles. The number of aliphatic hydroxyl groups excluding tert-OH is 1. The van der Waals surface area contributed by atoms with E-state index in [9.17, 15) is 19.8 Å². The van der Waals surface area contributed by atoms with E-state index in [4.69, 9.17) is 4.74 Å². The molecule has 2 amide bonds. The van der Waals surface area contributed by atoms with Crippen molar-refractivity contribution in [2.75, 3.05) is 32.8 Å². The van der Waals surface area contributed by atoms with E-state index in [1.807, 2.05) is 0 Å². The summed E-state index contributed by atoms with van der Waals surface area (Å²) < 4.78 is 5.71. The second-order valence-electron chi connectivity index (χ2n) is 8.37. The predicted molar refractivity (Wildman–Crippen MR) is 92.5 cm³/mol. The van der Waals surface area contributed by atoms with Crippen LogP contribution >= 0.6 is 0 Å². The highest BCUT2D eigenvalue weighted by molar-refractivity contribution is 5.86. The first kappa shape index (κ1) is 18.0. The number of likely N-dealkylation sites (tertiary alicyclic amines) is 1. The van der Waals surface area contributed by atoms with E-state index in [0.717, 1.165) is 43.8 Å². The molecule has 3 saturated heterocycles. The summed E-state index contributed by atoms with van der Waals surface area (Å²) in [6.45, 7) is 5.07. The number of carbonyl (C=O) groups is 2. The van der Waals surface area contributed by atoms with Crippen molar-refractivity contribution < 1.29 is 24.5 Å². The fourth-order valence-corrected chi connectivity index (χ4v) is 4.80. The molecule has 0 aromatic rings. The Hall–Kier alpha value is -1.38. The van der Waals surface area contributed by atoms with Crippen LogP contribution in [-0.4, -0.2) is 94.1 Å². The summed E-state index contributed by atoms with van der Waals surface area (Å²) in [6, 6.07) is -0.629. The fraction of sp³-hybridized carbons (Fsp3) is 0.889. The molecule has 1 spiro atoms. The summed E-state index contributed by atoms with van der Waals surface area (Å²) in [5, 5.41) is 19.5. The number of hydrogen-bond acceptors (Lipinski definition) is 5. The summed E-state index contributed by atoms with van der Waals surface area (Å²) >= 11 is 0. The highest BCUT2D eigenvalue weighted by Crippen LogP contribution is 2.53. The second kappa shape index (κ2) is 6.65. The molecule has 8 heteroatoms. The van der Waals surface area contributed by atoms with E-state index in [-0.39, 0.29) is 30.0 Å². The van der Waals surface area contributed by atoms with Crippen LogP contribution in [0.3, 0.4) is 0 Å². The van der Waals surface area contributed by atoms with Crippen LogP contribution in [0.15, 0.2) is 0 Å². The van der Waals surface area contributed by atoms with Gasteiger partial charge >= 0.3 is 6.09 Å². The topological polar surface area (TPSA) is 93.6 Å². The predicted octanol–water partition coefficient (Wildman–Crippen LogP) is 0.549. The van der Waals surface area contributed by atoms with Gasteiger partial charge in [0.25, 0.3) is 0 Å². The maximum Gasteiger partial charge on any atom is 0.408 e. The van der Waals surface area contributed by atoms with Gasteiger partial charge in [-0.1, -0.05) is 0 Å². The van der Waals surface area contributed by atoms with Crippen molar-refractivity contribution in [3.8, 4) is 0 Å². The first-order chi connectivity index (χ1) is 12.4. The van der Waals surface area contributed by atoms with Crippen molar-refractivity contribution in [3.63, 3.8) is 0 Å². The molecule has 146 valence electrons. The molecule has 2 unspecified atom stereocenters. The number of carboxylic acid groups (broad SMARTS) is 1. The van der Waals surface area contributed by atoms with Gasteiger partial charge < -0.3 is 24.7 Å². The number of hydrogen-bond donors (Lipinski definition) is 2. The fourth-order valence-electron chi connectivity index (χ4n) is 4.80. The van der Waals surface area contributed by atoms with Gasteiger partial charge in [-0.05, 0) is 57.5 Å². The van der Waals surface area contributed by atoms with Gasteiger partial charge in [0.15, 0.2) is 6.23 Å². The van der Waals surface area contributed by atoms with Crippen molar-refractivity contribution in [1.82, 2.24) is 14.7 Å². The van der Waals surface area contributed by atoms with E-state index in [0.29, 0.717) is 6.61 Å². The Morgan fingerprint density at radius 2 is 2.08 bits per heavy atom. The quantitative estimate of drug-likeness (QED) is 0.754. The number of piperazine rings is 1. The number of carbonyl (C=O) groups excluding carboxylic acids is 1. The molecule has 1 aliphatic carbocycles.